The van der Waals surface area contributed by atoms with E-state index in [0.717, 1.165) is 0 Å². The fourth-order valence-electron chi connectivity index (χ4n) is 1.45. The van der Waals surface area contributed by atoms with Crippen LogP contribution in [0.3, 0.4) is 0 Å². The van der Waals surface area contributed by atoms with Crippen molar-refractivity contribution in [2.45, 2.75) is 0 Å². The first-order valence-corrected chi connectivity index (χ1v) is 5.25. The highest BCUT2D eigenvalue weighted by Crippen LogP contribution is 2.35. The van der Waals surface area contributed by atoms with Crippen molar-refractivity contribution < 1.29 is 8.78 Å². The molecule has 82 valence electrons. The molecule has 0 amide bonds. The lowest BCUT2D eigenvalue weighted by Crippen LogP contribution is -1.90. The van der Waals surface area contributed by atoms with Gasteiger partial charge in [-0.25, -0.2) is 8.78 Å². The summed E-state index contributed by atoms with van der Waals surface area (Å²) >= 11 is 11.7. The molecule has 0 fully saturated rings. The number of rotatable bonds is 1. The first kappa shape index (κ1) is 11.4. The molecule has 4 heteroatoms. The third-order valence-corrected chi connectivity index (χ3v) is 3.00. The van der Waals surface area contributed by atoms with Gasteiger partial charge in [-0.2, -0.15) is 0 Å². The van der Waals surface area contributed by atoms with Crippen LogP contribution in [0.1, 0.15) is 0 Å². The van der Waals surface area contributed by atoms with E-state index in [1.54, 1.807) is 12.1 Å². The molecular formula is C12H6Cl2F2. The standard InChI is InChI=1S/C12H6Cl2F2/c13-8-4-1-3-7(12(8)14)11-9(15)5-2-6-10(11)16/h1-6H. The second-order valence-corrected chi connectivity index (χ2v) is 3.98. The summed E-state index contributed by atoms with van der Waals surface area (Å²) in [6.07, 6.45) is 0. The van der Waals surface area contributed by atoms with Gasteiger partial charge in [-0.3, -0.25) is 0 Å². The molecule has 0 unspecified atom stereocenters. The van der Waals surface area contributed by atoms with Crippen LogP contribution in [0.15, 0.2) is 36.4 Å². The summed E-state index contributed by atoms with van der Waals surface area (Å²) in [5, 5.41) is 0.412. The summed E-state index contributed by atoms with van der Waals surface area (Å²) in [6.45, 7) is 0. The third-order valence-electron chi connectivity index (χ3n) is 2.18. The highest BCUT2D eigenvalue weighted by molar-refractivity contribution is 6.43. The van der Waals surface area contributed by atoms with Gasteiger partial charge < -0.3 is 0 Å². The number of benzene rings is 2. The molecule has 2 rings (SSSR count). The zero-order valence-corrected chi connectivity index (χ0v) is 9.49. The van der Waals surface area contributed by atoms with Crippen LogP contribution in [0.5, 0.6) is 0 Å². The molecule has 0 radical (unpaired) electrons. The van der Waals surface area contributed by atoms with E-state index in [1.807, 2.05) is 0 Å². The molecule has 0 heterocycles. The summed E-state index contributed by atoms with van der Waals surface area (Å²) in [6, 6.07) is 8.33. The predicted octanol–water partition coefficient (Wildman–Crippen LogP) is 4.94. The van der Waals surface area contributed by atoms with E-state index in [-0.39, 0.29) is 21.2 Å². The van der Waals surface area contributed by atoms with Crippen molar-refractivity contribution in [2.24, 2.45) is 0 Å². The van der Waals surface area contributed by atoms with Crippen molar-refractivity contribution in [1.82, 2.24) is 0 Å². The van der Waals surface area contributed by atoms with Crippen LogP contribution in [-0.2, 0) is 0 Å². The van der Waals surface area contributed by atoms with Gasteiger partial charge in [0, 0.05) is 5.56 Å². The molecule has 0 aliphatic heterocycles. The van der Waals surface area contributed by atoms with Crippen LogP contribution in [-0.4, -0.2) is 0 Å². The van der Waals surface area contributed by atoms with Crippen molar-refractivity contribution in [2.75, 3.05) is 0 Å². The Morgan fingerprint density at radius 1 is 0.812 bits per heavy atom. The molecule has 0 aromatic heterocycles. The molecule has 0 aliphatic carbocycles. The maximum atomic E-state index is 13.5. The van der Waals surface area contributed by atoms with Gasteiger partial charge in [0.25, 0.3) is 0 Å². The van der Waals surface area contributed by atoms with Crippen LogP contribution in [0.4, 0.5) is 8.78 Å². The predicted molar refractivity (Wildman–Crippen MR) is 61.8 cm³/mol. The lowest BCUT2D eigenvalue weighted by molar-refractivity contribution is 0.589. The van der Waals surface area contributed by atoms with Crippen molar-refractivity contribution in [3.05, 3.63) is 58.1 Å². The largest absolute Gasteiger partial charge is 0.206 e. The van der Waals surface area contributed by atoms with E-state index >= 15 is 0 Å². The maximum absolute atomic E-state index is 13.5. The Kier molecular flexibility index (Phi) is 3.13. The Morgan fingerprint density at radius 3 is 2.00 bits per heavy atom. The van der Waals surface area contributed by atoms with Gasteiger partial charge >= 0.3 is 0 Å². The van der Waals surface area contributed by atoms with Crippen molar-refractivity contribution >= 4 is 23.2 Å². The Labute approximate surface area is 101 Å². The quantitative estimate of drug-likeness (QED) is 0.680. The molecule has 0 saturated heterocycles. The monoisotopic (exact) mass is 258 g/mol. The molecule has 0 aliphatic rings. The van der Waals surface area contributed by atoms with Crippen LogP contribution in [0.25, 0.3) is 11.1 Å². The lowest BCUT2D eigenvalue weighted by Gasteiger charge is -2.08. The second kappa shape index (κ2) is 4.40. The van der Waals surface area contributed by atoms with Crippen molar-refractivity contribution in [3.63, 3.8) is 0 Å². The molecule has 0 nitrogen and oxygen atoms in total. The van der Waals surface area contributed by atoms with E-state index in [4.69, 9.17) is 23.2 Å². The molecule has 0 spiro atoms. The molecule has 0 bridgehead atoms. The molecule has 16 heavy (non-hydrogen) atoms. The zero-order chi connectivity index (χ0) is 11.7. The normalized spacial score (nSPS) is 10.5. The third kappa shape index (κ3) is 1.91. The molecule has 0 N–H and O–H groups in total. The van der Waals surface area contributed by atoms with Crippen molar-refractivity contribution in [1.29, 1.82) is 0 Å². The van der Waals surface area contributed by atoms with E-state index < -0.39 is 11.6 Å². The molecule has 2 aromatic carbocycles. The van der Waals surface area contributed by atoms with Gasteiger partial charge in [-0.1, -0.05) is 41.4 Å². The van der Waals surface area contributed by atoms with E-state index in [9.17, 15) is 8.78 Å². The number of hydrogen-bond acceptors (Lipinski definition) is 0. The summed E-state index contributed by atoms with van der Waals surface area (Å²) < 4.78 is 27.0. The highest BCUT2D eigenvalue weighted by atomic mass is 35.5. The minimum absolute atomic E-state index is 0.146. The highest BCUT2D eigenvalue weighted by Gasteiger charge is 2.15. The summed E-state index contributed by atoms with van der Waals surface area (Å²) in [5.41, 5.74) is 0.0970. The van der Waals surface area contributed by atoms with Gasteiger partial charge in [-0.05, 0) is 18.2 Å². The fraction of sp³-hybridized carbons (Fsp3) is 0. The van der Waals surface area contributed by atoms with Crippen LogP contribution < -0.4 is 0 Å². The first-order valence-electron chi connectivity index (χ1n) is 4.49. The Hall–Kier alpha value is -1.12. The molecular weight excluding hydrogens is 253 g/mol. The smallest absolute Gasteiger partial charge is 0.134 e. The lowest BCUT2D eigenvalue weighted by atomic mass is 10.0. The first-order chi connectivity index (χ1) is 7.61. The summed E-state index contributed by atoms with van der Waals surface area (Å²) in [4.78, 5) is 0. The molecule has 0 atom stereocenters. The van der Waals surface area contributed by atoms with Gasteiger partial charge in [0.15, 0.2) is 0 Å². The van der Waals surface area contributed by atoms with Gasteiger partial charge in [-0.15, -0.1) is 0 Å². The second-order valence-electron chi connectivity index (χ2n) is 3.20. The maximum Gasteiger partial charge on any atom is 0.134 e. The Bertz CT molecular complexity index is 518. The molecule has 2 aromatic rings. The topological polar surface area (TPSA) is 0 Å². The zero-order valence-electron chi connectivity index (χ0n) is 7.98. The van der Waals surface area contributed by atoms with Crippen molar-refractivity contribution in [3.8, 4) is 11.1 Å². The average Bonchev–Trinajstić information content (AvgIpc) is 2.24. The SMILES string of the molecule is Fc1cccc(F)c1-c1cccc(Cl)c1Cl. The Morgan fingerprint density at radius 2 is 1.38 bits per heavy atom. The van der Waals surface area contributed by atoms with Gasteiger partial charge in [0.2, 0.25) is 0 Å². The molecule has 0 saturated carbocycles. The number of hydrogen-bond donors (Lipinski definition) is 0. The van der Waals surface area contributed by atoms with Crippen LogP contribution >= 0.6 is 23.2 Å². The van der Waals surface area contributed by atoms with Gasteiger partial charge in [0.1, 0.15) is 11.6 Å². The van der Waals surface area contributed by atoms with E-state index in [1.165, 1.54) is 24.3 Å². The average molecular weight is 259 g/mol. The minimum Gasteiger partial charge on any atom is -0.206 e. The Balaban J connectivity index is 2.73. The van der Waals surface area contributed by atoms with Crippen LogP contribution in [0.2, 0.25) is 10.0 Å². The summed E-state index contributed by atoms with van der Waals surface area (Å²) in [7, 11) is 0. The number of halogens is 4. The van der Waals surface area contributed by atoms with Crippen LogP contribution in [0, 0.1) is 11.6 Å². The summed E-state index contributed by atoms with van der Waals surface area (Å²) in [5.74, 6) is -1.33. The minimum atomic E-state index is -0.663. The van der Waals surface area contributed by atoms with Gasteiger partial charge in [0.05, 0.1) is 15.6 Å². The van der Waals surface area contributed by atoms with E-state index in [0.29, 0.717) is 0 Å². The van der Waals surface area contributed by atoms with E-state index in [2.05, 4.69) is 0 Å². The fourth-order valence-corrected chi connectivity index (χ4v) is 1.85.